The second-order valence-electron chi connectivity index (χ2n) is 7.22. The van der Waals surface area contributed by atoms with Gasteiger partial charge in [-0.15, -0.1) is 0 Å². The Morgan fingerprint density at radius 2 is 2.05 bits per heavy atom. The summed E-state index contributed by atoms with van der Waals surface area (Å²) in [6.07, 6.45) is 6.34. The van der Waals surface area contributed by atoms with E-state index < -0.39 is 0 Å². The summed E-state index contributed by atoms with van der Waals surface area (Å²) in [5.41, 5.74) is 2.75. The number of aryl methyl sites for hydroxylation is 1. The minimum absolute atomic E-state index is 0.0322. The number of carbonyl (C=O) groups excluding carboxylic acids is 1. The van der Waals surface area contributed by atoms with Crippen LogP contribution in [-0.4, -0.2) is 10.9 Å². The van der Waals surface area contributed by atoms with Gasteiger partial charge in [0.25, 0.3) is 0 Å². The number of aromatic hydroxyl groups is 1. The minimum atomic E-state index is -0.0322. The third-order valence-electron chi connectivity index (χ3n) is 6.42. The Morgan fingerprint density at radius 3 is 2.90 bits per heavy atom. The number of rotatable bonds is 0. The maximum atomic E-state index is 12.3. The van der Waals surface area contributed by atoms with Crippen LogP contribution in [0.3, 0.4) is 0 Å². The van der Waals surface area contributed by atoms with Crippen molar-refractivity contribution in [1.29, 1.82) is 0 Å². The first-order chi connectivity index (χ1) is 9.59. The number of hydrogen-bond acceptors (Lipinski definition) is 2. The number of fused-ring (bicyclic) bond motifs is 5. The van der Waals surface area contributed by atoms with Gasteiger partial charge in [-0.3, -0.25) is 4.79 Å². The Hall–Kier alpha value is -1.31. The molecule has 0 radical (unpaired) electrons. The quantitative estimate of drug-likeness (QED) is 0.778. The predicted octanol–water partition coefficient (Wildman–Crippen LogP) is 3.82. The molecule has 0 heterocycles. The van der Waals surface area contributed by atoms with E-state index in [9.17, 15) is 9.90 Å². The summed E-state index contributed by atoms with van der Waals surface area (Å²) in [4.78, 5) is 12.3. The highest BCUT2D eigenvalue weighted by atomic mass is 16.3. The molecule has 2 fully saturated rings. The number of phenols is 1. The lowest BCUT2D eigenvalue weighted by Gasteiger charge is -2.48. The number of carbonyl (C=O) groups is 1. The lowest BCUT2D eigenvalue weighted by atomic mass is 9.55. The van der Waals surface area contributed by atoms with Gasteiger partial charge in [0.15, 0.2) is 0 Å². The number of hydrogen-bond donors (Lipinski definition) is 1. The molecule has 20 heavy (non-hydrogen) atoms. The molecule has 0 amide bonds. The van der Waals surface area contributed by atoms with Gasteiger partial charge in [-0.1, -0.05) is 13.0 Å². The molecule has 2 nitrogen and oxygen atoms in total. The van der Waals surface area contributed by atoms with Gasteiger partial charge >= 0.3 is 0 Å². The van der Waals surface area contributed by atoms with E-state index in [0.29, 0.717) is 29.3 Å². The van der Waals surface area contributed by atoms with Gasteiger partial charge in [-0.2, -0.15) is 0 Å². The van der Waals surface area contributed by atoms with Crippen LogP contribution in [0.4, 0.5) is 0 Å². The highest BCUT2D eigenvalue weighted by molar-refractivity contribution is 5.87. The van der Waals surface area contributed by atoms with Crippen molar-refractivity contribution in [2.24, 2.45) is 17.3 Å². The van der Waals surface area contributed by atoms with Crippen LogP contribution < -0.4 is 0 Å². The molecular weight excluding hydrogens is 248 g/mol. The molecule has 3 aliphatic carbocycles. The van der Waals surface area contributed by atoms with Gasteiger partial charge in [0.1, 0.15) is 11.5 Å². The van der Waals surface area contributed by atoms with Crippen molar-refractivity contribution in [2.45, 2.75) is 51.4 Å². The third kappa shape index (κ3) is 1.54. The van der Waals surface area contributed by atoms with Crippen molar-refractivity contribution in [2.75, 3.05) is 0 Å². The molecule has 1 aromatic rings. The Kier molecular flexibility index (Phi) is 2.55. The Morgan fingerprint density at radius 1 is 1.20 bits per heavy atom. The molecule has 0 saturated heterocycles. The zero-order chi connectivity index (χ0) is 13.9. The largest absolute Gasteiger partial charge is 0.508 e. The highest BCUT2D eigenvalue weighted by Crippen LogP contribution is 2.59. The number of ketones is 1. The van der Waals surface area contributed by atoms with E-state index in [0.717, 1.165) is 32.1 Å². The molecule has 1 aromatic carbocycles. The molecule has 0 aliphatic heterocycles. The van der Waals surface area contributed by atoms with Crippen LogP contribution in [0, 0.1) is 17.3 Å². The Balaban J connectivity index is 1.73. The third-order valence-corrected chi connectivity index (χ3v) is 6.42. The zero-order valence-electron chi connectivity index (χ0n) is 12.1. The molecule has 106 valence electrons. The summed E-state index contributed by atoms with van der Waals surface area (Å²) >= 11 is 0. The van der Waals surface area contributed by atoms with Crippen LogP contribution in [0.1, 0.15) is 56.1 Å². The predicted molar refractivity (Wildman–Crippen MR) is 77.7 cm³/mol. The standard InChI is InChI=1S/C18H22O2/c1-18-9-8-14-13-5-3-12(19)10-11(13)2-4-15(14)16(18)6-7-17(18)20/h3,5,10,14-16,19H,2,4,6-9H2,1H3/t14-,15-,16-,18+/m1/s1. The topological polar surface area (TPSA) is 37.3 Å². The fourth-order valence-corrected chi connectivity index (χ4v) is 5.34. The average molecular weight is 270 g/mol. The van der Waals surface area contributed by atoms with Crippen molar-refractivity contribution in [1.82, 2.24) is 0 Å². The molecule has 0 bridgehead atoms. The lowest BCUT2D eigenvalue weighted by Crippen LogP contribution is -2.42. The van der Waals surface area contributed by atoms with Gasteiger partial charge < -0.3 is 5.11 Å². The van der Waals surface area contributed by atoms with E-state index in [4.69, 9.17) is 0 Å². The van der Waals surface area contributed by atoms with E-state index in [1.165, 1.54) is 17.5 Å². The summed E-state index contributed by atoms with van der Waals surface area (Å²) in [5.74, 6) is 2.78. The molecular formula is C18H22O2. The molecule has 2 saturated carbocycles. The van der Waals surface area contributed by atoms with Crippen molar-refractivity contribution in [3.8, 4) is 5.75 Å². The second-order valence-corrected chi connectivity index (χ2v) is 7.22. The molecule has 0 aromatic heterocycles. The van der Waals surface area contributed by atoms with Gasteiger partial charge in [-0.05, 0) is 73.1 Å². The summed E-state index contributed by atoms with van der Waals surface area (Å²) in [7, 11) is 0. The molecule has 1 N–H and O–H groups in total. The zero-order valence-corrected chi connectivity index (χ0v) is 12.1. The molecule has 0 spiro atoms. The summed E-state index contributed by atoms with van der Waals surface area (Å²) < 4.78 is 0. The maximum absolute atomic E-state index is 12.3. The van der Waals surface area contributed by atoms with Crippen molar-refractivity contribution < 1.29 is 9.90 Å². The fourth-order valence-electron chi connectivity index (χ4n) is 5.34. The maximum Gasteiger partial charge on any atom is 0.139 e. The van der Waals surface area contributed by atoms with Gasteiger partial charge in [0, 0.05) is 11.8 Å². The van der Waals surface area contributed by atoms with Gasteiger partial charge in [0.2, 0.25) is 0 Å². The first-order valence-corrected chi connectivity index (χ1v) is 7.95. The van der Waals surface area contributed by atoms with Crippen LogP contribution in [0.25, 0.3) is 0 Å². The lowest BCUT2D eigenvalue weighted by molar-refractivity contribution is -0.129. The van der Waals surface area contributed by atoms with Crippen LogP contribution in [0.5, 0.6) is 5.75 Å². The highest BCUT2D eigenvalue weighted by Gasteiger charge is 2.54. The van der Waals surface area contributed by atoms with Crippen LogP contribution >= 0.6 is 0 Å². The van der Waals surface area contributed by atoms with Crippen molar-refractivity contribution in [3.63, 3.8) is 0 Å². The Bertz CT molecular complexity index is 577. The van der Waals surface area contributed by atoms with E-state index in [2.05, 4.69) is 13.0 Å². The molecule has 0 unspecified atom stereocenters. The number of benzene rings is 1. The monoisotopic (exact) mass is 270 g/mol. The summed E-state index contributed by atoms with van der Waals surface area (Å²) in [6, 6.07) is 5.90. The molecule has 4 rings (SSSR count). The number of Topliss-reactive ketones (excluding diaryl/α,β-unsaturated/α-hetero) is 1. The fraction of sp³-hybridized carbons (Fsp3) is 0.611. The van der Waals surface area contributed by atoms with Gasteiger partial charge in [0.05, 0.1) is 0 Å². The normalized spacial score (nSPS) is 39.0. The van der Waals surface area contributed by atoms with E-state index in [-0.39, 0.29) is 5.41 Å². The molecule has 4 atom stereocenters. The van der Waals surface area contributed by atoms with Crippen LogP contribution in [0.15, 0.2) is 18.2 Å². The first kappa shape index (κ1) is 12.4. The molecule has 3 aliphatic rings. The molecule has 2 heteroatoms. The number of phenolic OH excluding ortho intramolecular Hbond substituents is 1. The Labute approximate surface area is 120 Å². The van der Waals surface area contributed by atoms with Gasteiger partial charge in [-0.25, -0.2) is 0 Å². The summed E-state index contributed by atoms with van der Waals surface area (Å²) in [5, 5.41) is 9.67. The minimum Gasteiger partial charge on any atom is -0.508 e. The summed E-state index contributed by atoms with van der Waals surface area (Å²) in [6.45, 7) is 2.22. The van der Waals surface area contributed by atoms with E-state index >= 15 is 0 Å². The van der Waals surface area contributed by atoms with Crippen molar-refractivity contribution >= 4 is 5.78 Å². The smallest absolute Gasteiger partial charge is 0.139 e. The van der Waals surface area contributed by atoms with Crippen LogP contribution in [0.2, 0.25) is 0 Å². The SMILES string of the molecule is C[C@]12CC[C@@H]3c4ccc(O)cc4CC[C@H]3[C@H]1CCC2=O. The van der Waals surface area contributed by atoms with E-state index in [1.807, 2.05) is 12.1 Å². The van der Waals surface area contributed by atoms with E-state index in [1.54, 1.807) is 0 Å². The van der Waals surface area contributed by atoms with Crippen LogP contribution in [-0.2, 0) is 11.2 Å². The average Bonchev–Trinajstić information content (AvgIpc) is 2.74. The second kappa shape index (κ2) is 4.09. The van der Waals surface area contributed by atoms with Crippen molar-refractivity contribution in [3.05, 3.63) is 29.3 Å². The first-order valence-electron chi connectivity index (χ1n) is 7.95.